The van der Waals surface area contributed by atoms with E-state index in [2.05, 4.69) is 17.3 Å². The van der Waals surface area contributed by atoms with E-state index in [1.807, 2.05) is 55.2 Å². The highest BCUT2D eigenvalue weighted by molar-refractivity contribution is 5.85. The van der Waals surface area contributed by atoms with Crippen LogP contribution in [0.15, 0.2) is 42.7 Å². The first-order chi connectivity index (χ1) is 10.6. The minimum Gasteiger partial charge on any atom is -0.340 e. The smallest absolute Gasteiger partial charge is 0.239 e. The number of nitrogens with zero attached hydrogens (tertiary/aromatic N) is 3. The van der Waals surface area contributed by atoms with Crippen molar-refractivity contribution in [2.45, 2.75) is 32.9 Å². The third kappa shape index (κ3) is 5.37. The van der Waals surface area contributed by atoms with E-state index in [4.69, 9.17) is 0 Å². The van der Waals surface area contributed by atoms with E-state index in [0.29, 0.717) is 6.54 Å². The molecule has 0 aliphatic heterocycles. The fourth-order valence-corrected chi connectivity index (χ4v) is 2.29. The highest BCUT2D eigenvalue weighted by Gasteiger charge is 2.17. The Labute approximate surface area is 144 Å². The van der Waals surface area contributed by atoms with Gasteiger partial charge in [-0.2, -0.15) is 5.10 Å². The van der Waals surface area contributed by atoms with Crippen molar-refractivity contribution in [1.29, 1.82) is 0 Å². The number of hydrogen-bond donors (Lipinski definition) is 1. The molecule has 1 unspecified atom stereocenters. The lowest BCUT2D eigenvalue weighted by atomic mass is 10.2. The largest absolute Gasteiger partial charge is 0.340 e. The standard InChI is InChI=1S/C17H24N4O.ClH/c1-4-10-18-14(2)17(22)20(3)12-15-11-19-21(13-15)16-8-6-5-7-9-16;/h5-9,11,13-14,18H,4,10,12H2,1-3H3;1H. The zero-order valence-electron chi connectivity index (χ0n) is 13.9. The van der Waals surface area contributed by atoms with E-state index in [1.165, 1.54) is 0 Å². The molecule has 0 fully saturated rings. The van der Waals surface area contributed by atoms with Gasteiger partial charge in [0.25, 0.3) is 0 Å². The molecule has 0 aliphatic rings. The summed E-state index contributed by atoms with van der Waals surface area (Å²) < 4.78 is 1.83. The summed E-state index contributed by atoms with van der Waals surface area (Å²) in [6.45, 7) is 5.41. The van der Waals surface area contributed by atoms with Gasteiger partial charge in [-0.3, -0.25) is 4.79 Å². The van der Waals surface area contributed by atoms with Gasteiger partial charge < -0.3 is 10.2 Å². The van der Waals surface area contributed by atoms with Gasteiger partial charge in [0.05, 0.1) is 17.9 Å². The molecule has 0 radical (unpaired) electrons. The lowest BCUT2D eigenvalue weighted by Gasteiger charge is -2.21. The minimum absolute atomic E-state index is 0. The number of likely N-dealkylation sites (N-methyl/N-ethyl adjacent to an activating group) is 1. The van der Waals surface area contributed by atoms with Gasteiger partial charge in [-0.1, -0.05) is 25.1 Å². The molecule has 1 aromatic heterocycles. The fourth-order valence-electron chi connectivity index (χ4n) is 2.29. The number of amides is 1. The molecule has 0 aliphatic carbocycles. The second-order valence-electron chi connectivity index (χ2n) is 5.50. The fraction of sp³-hybridized carbons (Fsp3) is 0.412. The molecular formula is C17H25ClN4O. The SMILES string of the molecule is CCCNC(C)C(=O)N(C)Cc1cnn(-c2ccccc2)c1.Cl. The number of rotatable bonds is 7. The molecule has 1 aromatic carbocycles. The summed E-state index contributed by atoms with van der Waals surface area (Å²) in [5.41, 5.74) is 2.03. The molecule has 0 bridgehead atoms. The molecule has 1 atom stereocenters. The van der Waals surface area contributed by atoms with E-state index in [-0.39, 0.29) is 24.4 Å². The monoisotopic (exact) mass is 336 g/mol. The Hall–Kier alpha value is -1.85. The van der Waals surface area contributed by atoms with Crippen LogP contribution in [0.4, 0.5) is 0 Å². The summed E-state index contributed by atoms with van der Waals surface area (Å²) in [4.78, 5) is 14.0. The summed E-state index contributed by atoms with van der Waals surface area (Å²) in [5.74, 6) is 0.0981. The van der Waals surface area contributed by atoms with Gasteiger partial charge in [-0.05, 0) is 32.0 Å². The second kappa shape index (κ2) is 9.33. The molecular weight excluding hydrogens is 312 g/mol. The van der Waals surface area contributed by atoms with Gasteiger partial charge in [-0.15, -0.1) is 12.4 Å². The molecule has 1 amide bonds. The van der Waals surface area contributed by atoms with Gasteiger partial charge >= 0.3 is 0 Å². The van der Waals surface area contributed by atoms with E-state index >= 15 is 0 Å². The minimum atomic E-state index is -0.158. The highest BCUT2D eigenvalue weighted by Crippen LogP contribution is 2.09. The predicted octanol–water partition coefficient (Wildman–Crippen LogP) is 2.64. The van der Waals surface area contributed by atoms with Crippen LogP contribution in [0.25, 0.3) is 5.69 Å². The van der Waals surface area contributed by atoms with Crippen molar-refractivity contribution in [2.75, 3.05) is 13.6 Å². The Morgan fingerprint density at radius 2 is 2.04 bits per heavy atom. The van der Waals surface area contributed by atoms with Gasteiger partial charge in [-0.25, -0.2) is 4.68 Å². The Morgan fingerprint density at radius 3 is 2.70 bits per heavy atom. The normalized spacial score (nSPS) is 11.6. The van der Waals surface area contributed by atoms with Crippen LogP contribution in [-0.4, -0.2) is 40.2 Å². The summed E-state index contributed by atoms with van der Waals surface area (Å²) in [6, 6.07) is 9.78. The van der Waals surface area contributed by atoms with Gasteiger partial charge in [0, 0.05) is 25.4 Å². The van der Waals surface area contributed by atoms with Crippen LogP contribution in [0.5, 0.6) is 0 Å². The lowest BCUT2D eigenvalue weighted by molar-refractivity contribution is -0.132. The molecule has 1 heterocycles. The first-order valence-corrected chi connectivity index (χ1v) is 7.69. The van der Waals surface area contributed by atoms with Crippen molar-refractivity contribution >= 4 is 18.3 Å². The zero-order valence-corrected chi connectivity index (χ0v) is 14.7. The van der Waals surface area contributed by atoms with Crippen LogP contribution in [0.2, 0.25) is 0 Å². The molecule has 0 saturated heterocycles. The quantitative estimate of drug-likeness (QED) is 0.845. The molecule has 23 heavy (non-hydrogen) atoms. The van der Waals surface area contributed by atoms with Crippen LogP contribution >= 0.6 is 12.4 Å². The van der Waals surface area contributed by atoms with Gasteiger partial charge in [0.15, 0.2) is 0 Å². The third-order valence-corrected chi connectivity index (χ3v) is 3.52. The van der Waals surface area contributed by atoms with Crippen molar-refractivity contribution < 1.29 is 4.79 Å². The first-order valence-electron chi connectivity index (χ1n) is 7.69. The van der Waals surface area contributed by atoms with E-state index in [9.17, 15) is 4.79 Å². The maximum atomic E-state index is 12.3. The van der Waals surface area contributed by atoms with Crippen molar-refractivity contribution in [1.82, 2.24) is 20.0 Å². The maximum absolute atomic E-state index is 12.3. The average Bonchev–Trinajstić information content (AvgIpc) is 3.01. The van der Waals surface area contributed by atoms with Crippen LogP contribution in [-0.2, 0) is 11.3 Å². The van der Waals surface area contributed by atoms with Crippen LogP contribution < -0.4 is 5.32 Å². The predicted molar refractivity (Wildman–Crippen MR) is 95.0 cm³/mol. The number of carbonyl (C=O) groups is 1. The van der Waals surface area contributed by atoms with E-state index < -0.39 is 0 Å². The number of halogens is 1. The Morgan fingerprint density at radius 1 is 1.35 bits per heavy atom. The molecule has 2 rings (SSSR count). The topological polar surface area (TPSA) is 50.2 Å². The Bertz CT molecular complexity index is 600. The molecule has 126 valence electrons. The summed E-state index contributed by atoms with van der Waals surface area (Å²) >= 11 is 0. The number of para-hydroxylation sites is 1. The van der Waals surface area contributed by atoms with Crippen molar-refractivity contribution in [3.05, 3.63) is 48.3 Å². The number of aromatic nitrogens is 2. The van der Waals surface area contributed by atoms with Crippen LogP contribution in [0.3, 0.4) is 0 Å². The van der Waals surface area contributed by atoms with Crippen molar-refractivity contribution in [3.8, 4) is 5.69 Å². The van der Waals surface area contributed by atoms with Crippen LogP contribution in [0.1, 0.15) is 25.8 Å². The Kier molecular flexibility index (Phi) is 7.78. The number of hydrogen-bond acceptors (Lipinski definition) is 3. The molecule has 5 nitrogen and oxygen atoms in total. The van der Waals surface area contributed by atoms with Crippen LogP contribution in [0, 0.1) is 0 Å². The summed E-state index contributed by atoms with van der Waals surface area (Å²) in [6.07, 6.45) is 4.79. The highest BCUT2D eigenvalue weighted by atomic mass is 35.5. The van der Waals surface area contributed by atoms with Gasteiger partial charge in [0.1, 0.15) is 0 Å². The molecule has 2 aromatic rings. The average molecular weight is 337 g/mol. The number of benzene rings is 1. The number of carbonyl (C=O) groups excluding carboxylic acids is 1. The Balaban J connectivity index is 0.00000264. The lowest BCUT2D eigenvalue weighted by Crippen LogP contribution is -2.43. The van der Waals surface area contributed by atoms with Crippen molar-refractivity contribution in [2.24, 2.45) is 0 Å². The summed E-state index contributed by atoms with van der Waals surface area (Å²) in [7, 11) is 1.83. The van der Waals surface area contributed by atoms with Crippen molar-refractivity contribution in [3.63, 3.8) is 0 Å². The second-order valence-corrected chi connectivity index (χ2v) is 5.50. The molecule has 6 heteroatoms. The molecule has 0 saturated carbocycles. The summed E-state index contributed by atoms with van der Waals surface area (Å²) in [5, 5.41) is 7.57. The molecule has 1 N–H and O–H groups in total. The van der Waals surface area contributed by atoms with E-state index in [1.54, 1.807) is 11.1 Å². The number of nitrogens with one attached hydrogen (secondary N) is 1. The van der Waals surface area contributed by atoms with Gasteiger partial charge in [0.2, 0.25) is 5.91 Å². The first kappa shape index (κ1) is 19.2. The van der Waals surface area contributed by atoms with E-state index in [0.717, 1.165) is 24.2 Å². The third-order valence-electron chi connectivity index (χ3n) is 3.52. The molecule has 0 spiro atoms. The zero-order chi connectivity index (χ0) is 15.9. The maximum Gasteiger partial charge on any atom is 0.239 e.